The van der Waals surface area contributed by atoms with Gasteiger partial charge in [0.05, 0.1) is 0 Å². The van der Waals surface area contributed by atoms with Crippen LogP contribution in [0, 0.1) is 5.41 Å². The van der Waals surface area contributed by atoms with E-state index in [1.165, 1.54) is 25.7 Å². The highest BCUT2D eigenvalue weighted by Crippen LogP contribution is 2.67. The second kappa shape index (κ2) is 2.20. The van der Waals surface area contributed by atoms with Gasteiger partial charge in [-0.2, -0.15) is 0 Å². The molecular formula is C9H17NO. The largest absolute Gasteiger partial charge is 0.382 e. The molecule has 2 N–H and O–H groups in total. The van der Waals surface area contributed by atoms with Crippen LogP contribution in [0.25, 0.3) is 0 Å². The average Bonchev–Trinajstić information content (AvgIpc) is 1.82. The molecule has 0 spiro atoms. The molecule has 64 valence electrons. The molecule has 0 aromatic carbocycles. The molecule has 0 radical (unpaired) electrons. The third kappa shape index (κ3) is 1.09. The van der Waals surface area contributed by atoms with E-state index in [2.05, 4.69) is 0 Å². The Morgan fingerprint density at radius 1 is 1.36 bits per heavy atom. The third-order valence-electron chi connectivity index (χ3n) is 3.16. The summed E-state index contributed by atoms with van der Waals surface area (Å²) in [5.74, 6) is 0. The Morgan fingerprint density at radius 2 is 2.00 bits per heavy atom. The fourth-order valence-corrected chi connectivity index (χ4v) is 2.78. The van der Waals surface area contributed by atoms with E-state index in [1.807, 2.05) is 6.92 Å². The van der Waals surface area contributed by atoms with Gasteiger partial charge in [-0.15, -0.1) is 0 Å². The third-order valence-corrected chi connectivity index (χ3v) is 3.16. The zero-order chi connectivity index (χ0) is 7.95. The molecule has 2 heteroatoms. The first-order chi connectivity index (χ1) is 5.18. The van der Waals surface area contributed by atoms with Crippen molar-refractivity contribution >= 4 is 0 Å². The van der Waals surface area contributed by atoms with Crippen LogP contribution in [0.15, 0.2) is 0 Å². The van der Waals surface area contributed by atoms with Crippen LogP contribution in [-0.2, 0) is 4.74 Å². The van der Waals surface area contributed by atoms with Gasteiger partial charge in [-0.1, -0.05) is 0 Å². The molecule has 3 fully saturated rings. The summed E-state index contributed by atoms with van der Waals surface area (Å²) in [4.78, 5) is 0. The molecule has 0 unspecified atom stereocenters. The Labute approximate surface area is 68.1 Å². The quantitative estimate of drug-likeness (QED) is 0.621. The molecular weight excluding hydrogens is 138 g/mol. The highest BCUT2D eigenvalue weighted by molar-refractivity contribution is 5.21. The lowest BCUT2D eigenvalue weighted by atomic mass is 9.39. The summed E-state index contributed by atoms with van der Waals surface area (Å²) in [5, 5.41) is 0. The van der Waals surface area contributed by atoms with E-state index < -0.39 is 0 Å². The molecule has 11 heavy (non-hydrogen) atoms. The first-order valence-corrected chi connectivity index (χ1v) is 4.55. The molecule has 0 aromatic heterocycles. The molecule has 0 saturated heterocycles. The molecule has 3 rings (SSSR count). The second-order valence-corrected chi connectivity index (χ2v) is 4.34. The maximum atomic E-state index is 5.94. The molecule has 0 heterocycles. The van der Waals surface area contributed by atoms with Gasteiger partial charge >= 0.3 is 0 Å². The zero-order valence-electron chi connectivity index (χ0n) is 7.23. The maximum absolute atomic E-state index is 5.94. The predicted octanol–water partition coefficient (Wildman–Crippen LogP) is 1.29. The van der Waals surface area contributed by atoms with Gasteiger partial charge in [-0.25, -0.2) is 0 Å². The summed E-state index contributed by atoms with van der Waals surface area (Å²) in [5.41, 5.74) is 6.84. The van der Waals surface area contributed by atoms with E-state index in [4.69, 9.17) is 10.5 Å². The van der Waals surface area contributed by atoms with Crippen LogP contribution in [0.3, 0.4) is 0 Å². The molecule has 2 bridgehead atoms. The topological polar surface area (TPSA) is 35.2 Å². The number of hydrogen-bond acceptors (Lipinski definition) is 2. The van der Waals surface area contributed by atoms with Crippen LogP contribution in [0.5, 0.6) is 0 Å². The zero-order valence-corrected chi connectivity index (χ0v) is 7.23. The Kier molecular flexibility index (Phi) is 1.52. The van der Waals surface area contributed by atoms with Crippen molar-refractivity contribution in [3.05, 3.63) is 0 Å². The van der Waals surface area contributed by atoms with Crippen LogP contribution in [-0.4, -0.2) is 18.8 Å². The Bertz CT molecular complexity index is 147. The van der Waals surface area contributed by atoms with Crippen molar-refractivity contribution in [2.75, 3.05) is 13.2 Å². The lowest BCUT2D eigenvalue weighted by molar-refractivity contribution is -0.145. The standard InChI is InChI=1S/C9H17NO/c1-2-11-4-3-8-5-9(10,6-8)7-8/h2-7,10H2,1H3. The van der Waals surface area contributed by atoms with Crippen molar-refractivity contribution in [2.45, 2.75) is 38.1 Å². The molecule has 3 aliphatic rings. The van der Waals surface area contributed by atoms with E-state index >= 15 is 0 Å². The summed E-state index contributed by atoms with van der Waals surface area (Å²) in [6, 6.07) is 0. The molecule has 2 nitrogen and oxygen atoms in total. The number of hydrogen-bond donors (Lipinski definition) is 1. The summed E-state index contributed by atoms with van der Waals surface area (Å²) in [6.07, 6.45) is 5.01. The normalized spacial score (nSPS) is 46.4. The van der Waals surface area contributed by atoms with Crippen molar-refractivity contribution in [1.29, 1.82) is 0 Å². The Hall–Kier alpha value is -0.0800. The van der Waals surface area contributed by atoms with Crippen molar-refractivity contribution in [3.8, 4) is 0 Å². The van der Waals surface area contributed by atoms with Crippen molar-refractivity contribution in [1.82, 2.24) is 0 Å². The minimum Gasteiger partial charge on any atom is -0.382 e. The molecule has 3 aliphatic carbocycles. The minimum atomic E-state index is 0.270. The van der Waals surface area contributed by atoms with Gasteiger partial charge in [-0.05, 0) is 38.0 Å². The van der Waals surface area contributed by atoms with Gasteiger partial charge in [0, 0.05) is 18.8 Å². The van der Waals surface area contributed by atoms with E-state index in [0.717, 1.165) is 13.2 Å². The number of ether oxygens (including phenoxy) is 1. The van der Waals surface area contributed by atoms with E-state index in [-0.39, 0.29) is 5.54 Å². The minimum absolute atomic E-state index is 0.270. The van der Waals surface area contributed by atoms with Crippen molar-refractivity contribution in [3.63, 3.8) is 0 Å². The molecule has 0 atom stereocenters. The fourth-order valence-electron chi connectivity index (χ4n) is 2.78. The summed E-state index contributed by atoms with van der Waals surface area (Å²) in [6.45, 7) is 3.84. The lowest BCUT2D eigenvalue weighted by Crippen LogP contribution is -2.72. The average molecular weight is 155 g/mol. The monoisotopic (exact) mass is 155 g/mol. The van der Waals surface area contributed by atoms with Crippen LogP contribution in [0.1, 0.15) is 32.6 Å². The second-order valence-electron chi connectivity index (χ2n) is 4.34. The summed E-state index contributed by atoms with van der Waals surface area (Å²) in [7, 11) is 0. The van der Waals surface area contributed by atoms with Gasteiger partial charge < -0.3 is 10.5 Å². The van der Waals surface area contributed by atoms with E-state index in [9.17, 15) is 0 Å². The maximum Gasteiger partial charge on any atom is 0.0471 e. The first kappa shape index (κ1) is 7.56. The Balaban J connectivity index is 1.66. The van der Waals surface area contributed by atoms with E-state index in [0.29, 0.717) is 5.41 Å². The van der Waals surface area contributed by atoms with Gasteiger partial charge in [-0.3, -0.25) is 0 Å². The van der Waals surface area contributed by atoms with Gasteiger partial charge in [0.1, 0.15) is 0 Å². The molecule has 0 amide bonds. The highest BCUT2D eigenvalue weighted by Gasteiger charge is 2.64. The highest BCUT2D eigenvalue weighted by atomic mass is 16.5. The smallest absolute Gasteiger partial charge is 0.0471 e. The van der Waals surface area contributed by atoms with Crippen LogP contribution in [0.2, 0.25) is 0 Å². The van der Waals surface area contributed by atoms with Crippen molar-refractivity contribution < 1.29 is 4.74 Å². The van der Waals surface area contributed by atoms with E-state index in [1.54, 1.807) is 0 Å². The Morgan fingerprint density at radius 3 is 2.45 bits per heavy atom. The predicted molar refractivity (Wildman–Crippen MR) is 44.3 cm³/mol. The van der Waals surface area contributed by atoms with Gasteiger partial charge in [0.2, 0.25) is 0 Å². The lowest BCUT2D eigenvalue weighted by Gasteiger charge is -2.69. The number of nitrogens with two attached hydrogens (primary N) is 1. The molecule has 0 aliphatic heterocycles. The number of rotatable bonds is 4. The van der Waals surface area contributed by atoms with Gasteiger partial charge in [0.15, 0.2) is 0 Å². The first-order valence-electron chi connectivity index (χ1n) is 4.55. The molecule has 3 saturated carbocycles. The summed E-state index contributed by atoms with van der Waals surface area (Å²) >= 11 is 0. The van der Waals surface area contributed by atoms with Crippen LogP contribution in [0.4, 0.5) is 0 Å². The van der Waals surface area contributed by atoms with Crippen molar-refractivity contribution in [2.24, 2.45) is 11.1 Å². The van der Waals surface area contributed by atoms with Crippen LogP contribution >= 0.6 is 0 Å². The van der Waals surface area contributed by atoms with Gasteiger partial charge in [0.25, 0.3) is 0 Å². The molecule has 0 aromatic rings. The van der Waals surface area contributed by atoms with Crippen LogP contribution < -0.4 is 5.73 Å². The fraction of sp³-hybridized carbons (Fsp3) is 1.00. The summed E-state index contributed by atoms with van der Waals surface area (Å²) < 4.78 is 5.32. The SMILES string of the molecule is CCOCCC12CC(N)(C1)C2.